The van der Waals surface area contributed by atoms with E-state index < -0.39 is 0 Å². The van der Waals surface area contributed by atoms with Gasteiger partial charge in [-0.15, -0.1) is 16.4 Å². The largest absolute Gasteiger partial charge is 0.348 e. The first-order chi connectivity index (χ1) is 8.31. The molecule has 0 radical (unpaired) electrons. The van der Waals surface area contributed by atoms with E-state index >= 15 is 0 Å². The van der Waals surface area contributed by atoms with E-state index in [1.165, 1.54) is 4.88 Å². The molecule has 3 rings (SSSR count). The van der Waals surface area contributed by atoms with Gasteiger partial charge in [-0.05, 0) is 18.6 Å². The Hall–Kier alpha value is -1.95. The molecule has 0 aliphatic heterocycles. The van der Waals surface area contributed by atoms with Gasteiger partial charge >= 0.3 is 0 Å². The molecule has 3 aromatic heterocycles. The fourth-order valence-corrected chi connectivity index (χ4v) is 2.09. The van der Waals surface area contributed by atoms with E-state index in [1.807, 2.05) is 37.0 Å². The lowest BCUT2D eigenvalue weighted by Gasteiger charge is -1.96. The monoisotopic (exact) mass is 245 g/mol. The summed E-state index contributed by atoms with van der Waals surface area (Å²) in [6.45, 7) is 2.74. The first-order valence-corrected chi connectivity index (χ1v) is 6.13. The molecule has 0 spiro atoms. The van der Waals surface area contributed by atoms with Gasteiger partial charge < -0.3 is 5.32 Å². The van der Waals surface area contributed by atoms with E-state index in [0.29, 0.717) is 12.5 Å². The molecular weight excluding hydrogens is 234 g/mol. The summed E-state index contributed by atoms with van der Waals surface area (Å²) >= 11 is 1.62. The SMILES string of the molecule is Cc1ccc2nc(NCc3cncs3)nn2c1. The average molecular weight is 245 g/mol. The fourth-order valence-electron chi connectivity index (χ4n) is 1.56. The van der Waals surface area contributed by atoms with Gasteiger partial charge in [0.2, 0.25) is 5.95 Å². The highest BCUT2D eigenvalue weighted by atomic mass is 32.1. The molecular formula is C11H11N5S. The molecule has 0 amide bonds. The van der Waals surface area contributed by atoms with Gasteiger partial charge in [-0.3, -0.25) is 4.98 Å². The number of aryl methyl sites for hydroxylation is 1. The van der Waals surface area contributed by atoms with E-state index in [2.05, 4.69) is 20.4 Å². The van der Waals surface area contributed by atoms with Crippen molar-refractivity contribution in [3.05, 3.63) is 40.5 Å². The predicted molar refractivity (Wildman–Crippen MR) is 67.2 cm³/mol. The van der Waals surface area contributed by atoms with Crippen molar-refractivity contribution in [2.24, 2.45) is 0 Å². The van der Waals surface area contributed by atoms with Gasteiger partial charge in [0.25, 0.3) is 0 Å². The third-order valence-corrected chi connectivity index (χ3v) is 3.16. The summed E-state index contributed by atoms with van der Waals surface area (Å²) in [5.74, 6) is 0.643. The van der Waals surface area contributed by atoms with Crippen LogP contribution in [0.2, 0.25) is 0 Å². The predicted octanol–water partition coefficient (Wildman–Crippen LogP) is 2.11. The van der Waals surface area contributed by atoms with Crippen molar-refractivity contribution in [2.45, 2.75) is 13.5 Å². The molecule has 6 heteroatoms. The first kappa shape index (κ1) is 10.2. The number of anilines is 1. The van der Waals surface area contributed by atoms with E-state index in [0.717, 1.165) is 11.2 Å². The third-order valence-electron chi connectivity index (χ3n) is 2.38. The Morgan fingerprint density at radius 2 is 2.35 bits per heavy atom. The number of aromatic nitrogens is 4. The van der Waals surface area contributed by atoms with Crippen molar-refractivity contribution < 1.29 is 0 Å². The summed E-state index contributed by atoms with van der Waals surface area (Å²) in [5, 5.41) is 7.53. The number of fused-ring (bicyclic) bond motifs is 1. The van der Waals surface area contributed by atoms with E-state index in [9.17, 15) is 0 Å². The van der Waals surface area contributed by atoms with Crippen molar-refractivity contribution >= 4 is 22.9 Å². The van der Waals surface area contributed by atoms with Crippen LogP contribution in [0.25, 0.3) is 5.65 Å². The number of rotatable bonds is 3. The van der Waals surface area contributed by atoms with E-state index in [4.69, 9.17) is 0 Å². The first-order valence-electron chi connectivity index (χ1n) is 5.25. The molecule has 86 valence electrons. The highest BCUT2D eigenvalue weighted by molar-refractivity contribution is 7.09. The number of nitrogens with zero attached hydrogens (tertiary/aromatic N) is 4. The summed E-state index contributed by atoms with van der Waals surface area (Å²) < 4.78 is 1.78. The summed E-state index contributed by atoms with van der Waals surface area (Å²) in [5.41, 5.74) is 3.83. The van der Waals surface area contributed by atoms with Crippen molar-refractivity contribution in [2.75, 3.05) is 5.32 Å². The molecule has 0 unspecified atom stereocenters. The molecule has 1 N–H and O–H groups in total. The minimum Gasteiger partial charge on any atom is -0.348 e. The van der Waals surface area contributed by atoms with Crippen molar-refractivity contribution in [3.63, 3.8) is 0 Å². The Bertz CT molecular complexity index is 628. The smallest absolute Gasteiger partial charge is 0.243 e. The van der Waals surface area contributed by atoms with Gasteiger partial charge in [0.05, 0.1) is 12.1 Å². The molecule has 5 nitrogen and oxygen atoms in total. The minimum absolute atomic E-state index is 0.643. The second-order valence-electron chi connectivity index (χ2n) is 3.77. The molecule has 0 aliphatic carbocycles. The van der Waals surface area contributed by atoms with E-state index in [1.54, 1.807) is 15.9 Å². The maximum Gasteiger partial charge on any atom is 0.243 e. The molecule has 0 atom stereocenters. The Morgan fingerprint density at radius 1 is 1.41 bits per heavy atom. The molecule has 0 bridgehead atoms. The molecule has 3 aromatic rings. The molecule has 0 saturated carbocycles. The van der Waals surface area contributed by atoms with Crippen LogP contribution in [0.3, 0.4) is 0 Å². The molecule has 0 aromatic carbocycles. The maximum atomic E-state index is 4.38. The topological polar surface area (TPSA) is 55.1 Å². The standard InChI is InChI=1S/C11H11N5S/c1-8-2-3-10-14-11(15-16(10)6-8)13-5-9-4-12-7-17-9/h2-4,6-7H,5H2,1H3,(H,13,15). The zero-order valence-electron chi connectivity index (χ0n) is 9.29. The van der Waals surface area contributed by atoms with E-state index in [-0.39, 0.29) is 0 Å². The van der Waals surface area contributed by atoms with Crippen LogP contribution in [0, 0.1) is 6.92 Å². The lowest BCUT2D eigenvalue weighted by Crippen LogP contribution is -1.99. The quantitative estimate of drug-likeness (QED) is 0.767. The fraction of sp³-hybridized carbons (Fsp3) is 0.182. The highest BCUT2D eigenvalue weighted by Crippen LogP contribution is 2.10. The summed E-state index contributed by atoms with van der Waals surface area (Å²) in [7, 11) is 0. The molecule has 3 heterocycles. The van der Waals surface area contributed by atoms with Crippen LogP contribution in [-0.2, 0) is 6.54 Å². The second-order valence-corrected chi connectivity index (χ2v) is 4.74. The second kappa shape index (κ2) is 4.14. The number of hydrogen-bond acceptors (Lipinski definition) is 5. The van der Waals surface area contributed by atoms with Crippen LogP contribution in [0.5, 0.6) is 0 Å². The Balaban J connectivity index is 1.81. The van der Waals surface area contributed by atoms with Gasteiger partial charge in [0.15, 0.2) is 5.65 Å². The van der Waals surface area contributed by atoms with Gasteiger partial charge in [-0.25, -0.2) is 4.52 Å². The summed E-state index contributed by atoms with van der Waals surface area (Å²) in [6, 6.07) is 3.98. The molecule has 0 aliphatic rings. The zero-order valence-corrected chi connectivity index (χ0v) is 10.1. The van der Waals surface area contributed by atoms with Gasteiger partial charge in [-0.2, -0.15) is 4.98 Å². The number of hydrogen-bond donors (Lipinski definition) is 1. The van der Waals surface area contributed by atoms with Crippen LogP contribution < -0.4 is 5.32 Å². The zero-order chi connectivity index (χ0) is 11.7. The van der Waals surface area contributed by atoms with Crippen LogP contribution in [0.4, 0.5) is 5.95 Å². The highest BCUT2D eigenvalue weighted by Gasteiger charge is 2.03. The minimum atomic E-state index is 0.643. The third kappa shape index (κ3) is 2.12. The molecule has 17 heavy (non-hydrogen) atoms. The van der Waals surface area contributed by atoms with Gasteiger partial charge in [-0.1, -0.05) is 6.07 Å². The van der Waals surface area contributed by atoms with Gasteiger partial charge in [0, 0.05) is 17.3 Å². The number of thiazole rings is 1. The summed E-state index contributed by atoms with van der Waals surface area (Å²) in [6.07, 6.45) is 3.80. The normalized spacial score (nSPS) is 10.9. The van der Waals surface area contributed by atoms with Gasteiger partial charge in [0.1, 0.15) is 0 Å². The Labute approximate surface area is 102 Å². The lowest BCUT2D eigenvalue weighted by molar-refractivity contribution is 0.944. The van der Waals surface area contributed by atoms with Crippen molar-refractivity contribution in [1.82, 2.24) is 19.6 Å². The number of nitrogens with one attached hydrogen (secondary N) is 1. The van der Waals surface area contributed by atoms with Crippen LogP contribution in [0.1, 0.15) is 10.4 Å². The molecule has 0 fully saturated rings. The Kier molecular flexibility index (Phi) is 2.49. The van der Waals surface area contributed by atoms with Crippen LogP contribution in [0.15, 0.2) is 30.0 Å². The van der Waals surface area contributed by atoms with Crippen molar-refractivity contribution in [3.8, 4) is 0 Å². The summed E-state index contributed by atoms with van der Waals surface area (Å²) in [4.78, 5) is 9.57. The van der Waals surface area contributed by atoms with Crippen LogP contribution >= 0.6 is 11.3 Å². The van der Waals surface area contributed by atoms with Crippen LogP contribution in [-0.4, -0.2) is 19.6 Å². The Morgan fingerprint density at radius 3 is 3.18 bits per heavy atom. The molecule has 0 saturated heterocycles. The maximum absolute atomic E-state index is 4.38. The number of pyridine rings is 1. The lowest BCUT2D eigenvalue weighted by atomic mass is 10.3. The average Bonchev–Trinajstić information content (AvgIpc) is 2.94. The van der Waals surface area contributed by atoms with Crippen molar-refractivity contribution in [1.29, 1.82) is 0 Å².